The monoisotopic (exact) mass is 487 g/mol. The fraction of sp³-hybridized carbons (Fsp3) is 0.308. The fourth-order valence-corrected chi connectivity index (χ4v) is 5.51. The zero-order valence-corrected chi connectivity index (χ0v) is 19.8. The number of carbonyl (C=O) groups is 1. The summed E-state index contributed by atoms with van der Waals surface area (Å²) < 4.78 is 22.1. The molecule has 0 saturated carbocycles. The molecule has 10 heteroatoms. The predicted molar refractivity (Wildman–Crippen MR) is 125 cm³/mol. The molecule has 0 amide bonds. The summed E-state index contributed by atoms with van der Waals surface area (Å²) in [7, 11) is 1.96. The van der Waals surface area contributed by atoms with Gasteiger partial charge in [-0.1, -0.05) is 6.92 Å². The van der Waals surface area contributed by atoms with Crippen molar-refractivity contribution in [3.63, 3.8) is 0 Å². The van der Waals surface area contributed by atoms with E-state index in [0.29, 0.717) is 52.6 Å². The number of imidazole rings is 1. The van der Waals surface area contributed by atoms with Gasteiger partial charge in [0.05, 0.1) is 36.1 Å². The highest BCUT2D eigenvalue weighted by Gasteiger charge is 2.45. The normalized spacial score (nSPS) is 19.2. The molecular formula is C26H23N4O6+. The highest BCUT2D eigenvalue weighted by Crippen LogP contribution is 2.43. The van der Waals surface area contributed by atoms with Crippen LogP contribution in [0.2, 0.25) is 0 Å². The molecule has 3 aliphatic heterocycles. The molecule has 4 aromatic rings. The minimum Gasteiger partial charge on any atom is -0.458 e. The molecule has 0 aliphatic carbocycles. The Morgan fingerprint density at radius 2 is 1.94 bits per heavy atom. The van der Waals surface area contributed by atoms with E-state index in [0.717, 1.165) is 16.5 Å². The van der Waals surface area contributed by atoms with E-state index >= 15 is 0 Å². The third kappa shape index (κ3) is 2.75. The number of aliphatic hydroxyl groups is 1. The van der Waals surface area contributed by atoms with E-state index in [1.807, 2.05) is 42.5 Å². The number of pyridine rings is 2. The summed E-state index contributed by atoms with van der Waals surface area (Å²) >= 11 is 0. The molecule has 0 fully saturated rings. The van der Waals surface area contributed by atoms with Crippen LogP contribution in [-0.2, 0) is 41.9 Å². The lowest BCUT2D eigenvalue weighted by atomic mass is 9.86. The Morgan fingerprint density at radius 1 is 1.14 bits per heavy atom. The maximum atomic E-state index is 13.6. The lowest BCUT2D eigenvalue weighted by molar-refractivity contribution is -0.671. The van der Waals surface area contributed by atoms with Crippen molar-refractivity contribution in [3.8, 4) is 22.9 Å². The first kappa shape index (κ1) is 21.1. The second kappa shape index (κ2) is 7.17. The van der Waals surface area contributed by atoms with Crippen LogP contribution in [0.5, 0.6) is 11.5 Å². The number of aryl methyl sites for hydroxylation is 1. The topological polar surface area (TPSA) is 109 Å². The zero-order valence-electron chi connectivity index (χ0n) is 19.8. The maximum absolute atomic E-state index is 13.6. The molecule has 36 heavy (non-hydrogen) atoms. The van der Waals surface area contributed by atoms with Crippen molar-refractivity contribution in [1.82, 2.24) is 14.1 Å². The van der Waals surface area contributed by atoms with Crippen LogP contribution in [0.3, 0.4) is 0 Å². The van der Waals surface area contributed by atoms with Gasteiger partial charge in [0, 0.05) is 28.1 Å². The van der Waals surface area contributed by atoms with Gasteiger partial charge in [-0.25, -0.2) is 18.9 Å². The summed E-state index contributed by atoms with van der Waals surface area (Å²) in [6, 6.07) is 5.54. The number of aromatic nitrogens is 4. The van der Waals surface area contributed by atoms with E-state index in [-0.39, 0.29) is 25.4 Å². The molecule has 3 aliphatic rings. The van der Waals surface area contributed by atoms with Crippen LogP contribution < -0.4 is 19.6 Å². The Labute approximate surface area is 204 Å². The van der Waals surface area contributed by atoms with Gasteiger partial charge < -0.3 is 23.9 Å². The minimum atomic E-state index is -1.86. The average molecular weight is 487 g/mol. The summed E-state index contributed by atoms with van der Waals surface area (Å²) in [5.74, 6) is 0.549. The highest BCUT2D eigenvalue weighted by atomic mass is 16.7. The lowest BCUT2D eigenvalue weighted by Crippen LogP contribution is -2.44. The molecule has 0 saturated heterocycles. The van der Waals surface area contributed by atoms with Crippen LogP contribution in [0.4, 0.5) is 0 Å². The zero-order chi connectivity index (χ0) is 24.8. The maximum Gasteiger partial charge on any atom is 0.343 e. The summed E-state index contributed by atoms with van der Waals surface area (Å²) in [4.78, 5) is 31.0. The predicted octanol–water partition coefficient (Wildman–Crippen LogP) is 1.48. The summed E-state index contributed by atoms with van der Waals surface area (Å²) in [5.41, 5.74) is 2.35. The largest absolute Gasteiger partial charge is 0.458 e. The molecule has 0 bridgehead atoms. The molecule has 0 unspecified atom stereocenters. The Morgan fingerprint density at radius 3 is 2.69 bits per heavy atom. The quantitative estimate of drug-likeness (QED) is 0.303. The van der Waals surface area contributed by atoms with E-state index in [4.69, 9.17) is 19.2 Å². The number of esters is 1. The van der Waals surface area contributed by atoms with Gasteiger partial charge in [0.2, 0.25) is 13.1 Å². The van der Waals surface area contributed by atoms with Crippen molar-refractivity contribution >= 4 is 16.9 Å². The average Bonchev–Trinajstić information content (AvgIpc) is 3.59. The SMILES string of the molecule is CC[C@@]1(O)C(=O)OCc2c1cc1n(c2=O)Cc2c-1nc1cc3c(cc1c2Cn1cc[n+](C)c1)OCO3. The van der Waals surface area contributed by atoms with Crippen molar-refractivity contribution < 1.29 is 28.7 Å². The van der Waals surface area contributed by atoms with Gasteiger partial charge in [-0.05, 0) is 18.6 Å². The minimum absolute atomic E-state index is 0.0963. The molecule has 1 N–H and O–H groups in total. The fourth-order valence-electron chi connectivity index (χ4n) is 5.51. The molecule has 182 valence electrons. The third-order valence-electron chi connectivity index (χ3n) is 7.46. The molecular weight excluding hydrogens is 464 g/mol. The van der Waals surface area contributed by atoms with Crippen molar-refractivity contribution in [2.75, 3.05) is 6.79 Å². The van der Waals surface area contributed by atoms with E-state index in [2.05, 4.69) is 4.57 Å². The lowest BCUT2D eigenvalue weighted by Gasteiger charge is -2.31. The number of hydrogen-bond donors (Lipinski definition) is 1. The Kier molecular flexibility index (Phi) is 4.21. The summed E-state index contributed by atoms with van der Waals surface area (Å²) in [6.07, 6.45) is 6.04. The van der Waals surface area contributed by atoms with Gasteiger partial charge >= 0.3 is 5.97 Å². The second-order valence-corrected chi connectivity index (χ2v) is 9.49. The van der Waals surface area contributed by atoms with E-state index < -0.39 is 11.6 Å². The second-order valence-electron chi connectivity index (χ2n) is 9.49. The number of hydrogen-bond acceptors (Lipinski definition) is 7. The van der Waals surface area contributed by atoms with Crippen LogP contribution in [0.15, 0.2) is 41.7 Å². The number of nitrogens with zero attached hydrogens (tertiary/aromatic N) is 4. The first-order valence-electron chi connectivity index (χ1n) is 11.8. The molecule has 7 rings (SSSR count). The van der Waals surface area contributed by atoms with Crippen molar-refractivity contribution in [2.24, 2.45) is 7.05 Å². The molecule has 0 radical (unpaired) electrons. The van der Waals surface area contributed by atoms with Crippen LogP contribution >= 0.6 is 0 Å². The van der Waals surface area contributed by atoms with Gasteiger partial charge in [-0.15, -0.1) is 0 Å². The summed E-state index contributed by atoms with van der Waals surface area (Å²) in [6.45, 7) is 2.58. The Bertz CT molecular complexity index is 1690. The van der Waals surface area contributed by atoms with Gasteiger partial charge in [-0.3, -0.25) is 4.79 Å². The van der Waals surface area contributed by atoms with Gasteiger partial charge in [0.1, 0.15) is 25.5 Å². The van der Waals surface area contributed by atoms with Crippen LogP contribution in [0, 0.1) is 0 Å². The number of carbonyl (C=O) groups excluding carboxylic acids is 1. The number of benzene rings is 1. The van der Waals surface area contributed by atoms with Crippen molar-refractivity contribution in [3.05, 3.63) is 69.5 Å². The molecule has 1 aromatic carbocycles. The van der Waals surface area contributed by atoms with E-state index in [9.17, 15) is 14.7 Å². The Hall–Kier alpha value is -4.18. The first-order valence-corrected chi connectivity index (χ1v) is 11.8. The number of rotatable bonds is 3. The highest BCUT2D eigenvalue weighted by molar-refractivity contribution is 5.91. The molecule has 3 aromatic heterocycles. The molecule has 1 atom stereocenters. The van der Waals surface area contributed by atoms with Gasteiger partial charge in [-0.2, -0.15) is 0 Å². The number of cyclic esters (lactones) is 1. The Balaban J connectivity index is 1.50. The van der Waals surface area contributed by atoms with Crippen molar-refractivity contribution in [2.45, 2.75) is 38.6 Å². The first-order chi connectivity index (χ1) is 17.4. The molecule has 0 spiro atoms. The van der Waals surface area contributed by atoms with Crippen LogP contribution in [0.25, 0.3) is 22.3 Å². The third-order valence-corrected chi connectivity index (χ3v) is 7.46. The smallest absolute Gasteiger partial charge is 0.343 e. The number of ether oxygens (including phenoxy) is 3. The standard InChI is InChI=1S/C26H23N4O6/c1-3-26(33)18-7-20-23-16(10-30(20)24(31)17(18)11-34-25(26)32)15(9-29-5-4-28(2)12-29)14-6-21-22(36-13-35-21)8-19(14)27-23/h4-8,12,33H,3,9-11,13H2,1-2H3/q+1/t26-/m0/s1. The summed E-state index contributed by atoms with van der Waals surface area (Å²) in [5, 5.41) is 12.1. The van der Waals surface area contributed by atoms with Crippen LogP contribution in [0.1, 0.15) is 35.6 Å². The molecule has 10 nitrogen and oxygen atoms in total. The van der Waals surface area contributed by atoms with Gasteiger partial charge in [0.25, 0.3) is 5.56 Å². The number of fused-ring (bicyclic) bond motifs is 6. The van der Waals surface area contributed by atoms with E-state index in [1.54, 1.807) is 17.6 Å². The van der Waals surface area contributed by atoms with Gasteiger partial charge in [0.15, 0.2) is 17.1 Å². The van der Waals surface area contributed by atoms with E-state index in [1.165, 1.54) is 0 Å². The van der Waals surface area contributed by atoms with Crippen LogP contribution in [-0.4, -0.2) is 32.0 Å². The molecule has 6 heterocycles. The van der Waals surface area contributed by atoms with Crippen molar-refractivity contribution in [1.29, 1.82) is 0 Å².